The van der Waals surface area contributed by atoms with Crippen LogP contribution in [0.5, 0.6) is 0 Å². The molecule has 2 aliphatic carbocycles. The fourth-order valence-corrected chi connectivity index (χ4v) is 9.31. The summed E-state index contributed by atoms with van der Waals surface area (Å²) >= 11 is 0. The van der Waals surface area contributed by atoms with E-state index in [-0.39, 0.29) is 53.0 Å². The van der Waals surface area contributed by atoms with Gasteiger partial charge in [0.05, 0.1) is 30.2 Å². The van der Waals surface area contributed by atoms with E-state index in [1.807, 2.05) is 0 Å². The largest absolute Gasteiger partial charge is 0.381 e. The molecule has 58 heavy (non-hydrogen) atoms. The van der Waals surface area contributed by atoms with Gasteiger partial charge in [-0.1, -0.05) is 27.7 Å². The van der Waals surface area contributed by atoms with E-state index in [0.717, 1.165) is 127 Å². The van der Waals surface area contributed by atoms with Crippen LogP contribution in [0, 0.1) is 28.6 Å². The van der Waals surface area contributed by atoms with Crippen LogP contribution in [0.15, 0.2) is 0 Å². The molecule has 2 N–H and O–H groups in total. The molecule has 0 amide bonds. The van der Waals surface area contributed by atoms with Crippen molar-refractivity contribution in [3.63, 3.8) is 0 Å². The zero-order valence-electron chi connectivity index (χ0n) is 36.0. The third-order valence-corrected chi connectivity index (χ3v) is 12.9. The Morgan fingerprint density at radius 3 is 1.79 bits per heavy atom. The number of ether oxygens (including phenoxy) is 6. The summed E-state index contributed by atoms with van der Waals surface area (Å²) in [5.74, 6) is -0.372. The molecular weight excluding hydrogens is 743 g/mol. The quantitative estimate of drug-likeness (QED) is 0.219. The van der Waals surface area contributed by atoms with Gasteiger partial charge < -0.3 is 34.2 Å². The minimum absolute atomic E-state index is 0.0500. The Kier molecular flexibility index (Phi) is 18.5. The second-order valence-corrected chi connectivity index (χ2v) is 17.9. The van der Waals surface area contributed by atoms with Crippen molar-refractivity contribution in [1.29, 1.82) is 0 Å². The van der Waals surface area contributed by atoms with Gasteiger partial charge in [0.1, 0.15) is 5.92 Å². The number of hydrogen-bond donors (Lipinski definition) is 1. The van der Waals surface area contributed by atoms with Crippen LogP contribution < -0.4 is 5.73 Å². The highest BCUT2D eigenvalue weighted by molar-refractivity contribution is 6.20. The molecule has 0 radical (unpaired) electrons. The predicted octanol–water partition coefficient (Wildman–Crippen LogP) is 6.38. The van der Waals surface area contributed by atoms with Crippen molar-refractivity contribution in [3.8, 4) is 0 Å². The SMILES string of the molecule is CCC(=O)C1C(=O)CC2(CCOCC2)CC1=O.CCc1nn(C[C@@H](C)COC2CCCCO2)c2c1C(=O)CC1(CCOCC1)C2.C[C@H](CCN)COC1CCCCO1. The highest BCUT2D eigenvalue weighted by Gasteiger charge is 2.48. The average Bonchev–Trinajstić information content (AvgIpc) is 3.57. The molecule has 1 aromatic rings. The Hall–Kier alpha value is -2.39. The zero-order chi connectivity index (χ0) is 41.5. The van der Waals surface area contributed by atoms with E-state index in [1.54, 1.807) is 6.92 Å². The summed E-state index contributed by atoms with van der Waals surface area (Å²) in [5.41, 5.74) is 8.33. The maximum atomic E-state index is 13.0. The molecule has 13 nitrogen and oxygen atoms in total. The molecule has 1 saturated carbocycles. The summed E-state index contributed by atoms with van der Waals surface area (Å²) in [6.45, 7) is 15.5. The van der Waals surface area contributed by atoms with Crippen molar-refractivity contribution in [3.05, 3.63) is 17.0 Å². The number of rotatable bonds is 13. The first-order chi connectivity index (χ1) is 28.0. The molecule has 2 unspecified atom stereocenters. The number of carbonyl (C=O) groups is 4. The lowest BCUT2D eigenvalue weighted by Gasteiger charge is -2.40. The lowest BCUT2D eigenvalue weighted by molar-refractivity contribution is -0.168. The molecule has 4 saturated heterocycles. The monoisotopic (exact) mass is 816 g/mol. The molecular formula is C45H73N3O10. The second-order valence-electron chi connectivity index (χ2n) is 17.9. The Balaban J connectivity index is 0.000000182. The van der Waals surface area contributed by atoms with Gasteiger partial charge in [-0.2, -0.15) is 5.10 Å². The van der Waals surface area contributed by atoms with Crippen LogP contribution in [0.25, 0.3) is 0 Å². The standard InChI is InChI=1S/C22H34N2O4.C13H18O4.C10H21NO2/c1-3-17-21-18(12-22(13-19(21)25)7-10-26-11-8-22)24(23-17)14-16(2)15-28-20-6-4-5-9-27-20;1-2-9(14)12-10(15)7-13(8-11(12)16)3-5-17-6-4-13;1-9(5-6-11)8-13-10-4-2-3-7-12-10/h16,20H,3-15H2,1-2H3;12H,2-8H2,1H3;9-10H,2-8,11H2,1H3/t16-,20?;;9-,10?/m1.1/s1. The number of nitrogens with zero attached hydrogens (tertiary/aromatic N) is 2. The van der Waals surface area contributed by atoms with Crippen molar-refractivity contribution in [1.82, 2.24) is 9.78 Å². The minimum Gasteiger partial charge on any atom is -0.381 e. The first kappa shape index (κ1) is 46.7. The summed E-state index contributed by atoms with van der Waals surface area (Å²) in [6, 6.07) is 0. The van der Waals surface area contributed by atoms with Crippen molar-refractivity contribution in [2.75, 3.05) is 59.4 Å². The number of Topliss-reactive ketones (excluding diaryl/α,β-unsaturated/α-hetero) is 4. The van der Waals surface area contributed by atoms with Gasteiger partial charge in [0.2, 0.25) is 0 Å². The minimum atomic E-state index is -0.964. The maximum absolute atomic E-state index is 13.0. The van der Waals surface area contributed by atoms with Gasteiger partial charge in [-0.25, -0.2) is 0 Å². The number of nitrogens with two attached hydrogens (primary N) is 1. The average molecular weight is 816 g/mol. The smallest absolute Gasteiger partial charge is 0.167 e. The van der Waals surface area contributed by atoms with E-state index >= 15 is 0 Å². The molecule has 13 heteroatoms. The molecule has 2 spiro atoms. The van der Waals surface area contributed by atoms with Gasteiger partial charge in [0.15, 0.2) is 35.7 Å². The normalized spacial score (nSPS) is 25.6. The van der Waals surface area contributed by atoms with E-state index in [4.69, 9.17) is 39.3 Å². The fourth-order valence-electron chi connectivity index (χ4n) is 9.31. The number of aryl methyl sites for hydroxylation is 1. The molecule has 0 bridgehead atoms. The van der Waals surface area contributed by atoms with Crippen molar-refractivity contribution in [2.45, 2.75) is 156 Å². The van der Waals surface area contributed by atoms with Crippen LogP contribution >= 0.6 is 0 Å². The Morgan fingerprint density at radius 1 is 0.776 bits per heavy atom. The molecule has 6 aliphatic rings. The molecule has 4 aliphatic heterocycles. The lowest BCUT2D eigenvalue weighted by Crippen LogP contribution is -2.46. The van der Waals surface area contributed by atoms with E-state index in [1.165, 1.54) is 19.3 Å². The van der Waals surface area contributed by atoms with Crippen LogP contribution in [0.3, 0.4) is 0 Å². The van der Waals surface area contributed by atoms with Gasteiger partial charge in [0.25, 0.3) is 0 Å². The molecule has 4 atom stereocenters. The van der Waals surface area contributed by atoms with Crippen molar-refractivity contribution >= 4 is 23.1 Å². The van der Waals surface area contributed by atoms with Gasteiger partial charge in [-0.3, -0.25) is 23.9 Å². The molecule has 0 aromatic carbocycles. The molecule has 5 fully saturated rings. The number of fused-ring (bicyclic) bond motifs is 1. The van der Waals surface area contributed by atoms with Gasteiger partial charge in [0, 0.05) is 71.9 Å². The van der Waals surface area contributed by atoms with Crippen LogP contribution in [-0.4, -0.2) is 105 Å². The third kappa shape index (κ3) is 13.1. The van der Waals surface area contributed by atoms with Crippen LogP contribution in [0.1, 0.15) is 146 Å². The number of ketones is 4. The predicted molar refractivity (Wildman–Crippen MR) is 218 cm³/mol. The summed E-state index contributed by atoms with van der Waals surface area (Å²) in [4.78, 5) is 48.6. The number of carbonyl (C=O) groups excluding carboxylic acids is 4. The van der Waals surface area contributed by atoms with Gasteiger partial charge in [-0.15, -0.1) is 0 Å². The topological polar surface area (TPSA) is 168 Å². The molecule has 7 rings (SSSR count). The van der Waals surface area contributed by atoms with Crippen LogP contribution in [0.2, 0.25) is 0 Å². The van der Waals surface area contributed by atoms with E-state index in [2.05, 4.69) is 25.5 Å². The molecule has 328 valence electrons. The lowest BCUT2D eigenvalue weighted by atomic mass is 9.64. The molecule has 5 heterocycles. The highest BCUT2D eigenvalue weighted by atomic mass is 16.7. The number of hydrogen-bond acceptors (Lipinski definition) is 12. The summed E-state index contributed by atoms with van der Waals surface area (Å²) < 4.78 is 35.7. The Bertz CT molecular complexity index is 1450. The Morgan fingerprint density at radius 2 is 1.31 bits per heavy atom. The first-order valence-electron chi connectivity index (χ1n) is 22.5. The van der Waals surface area contributed by atoms with E-state index in [0.29, 0.717) is 50.9 Å². The summed E-state index contributed by atoms with van der Waals surface area (Å²) in [7, 11) is 0. The number of aromatic nitrogens is 2. The Labute approximate surface area is 346 Å². The highest BCUT2D eigenvalue weighted by Crippen LogP contribution is 2.45. The first-order valence-corrected chi connectivity index (χ1v) is 22.5. The van der Waals surface area contributed by atoms with E-state index in [9.17, 15) is 19.2 Å². The zero-order valence-corrected chi connectivity index (χ0v) is 36.0. The van der Waals surface area contributed by atoms with Crippen molar-refractivity contribution < 1.29 is 47.6 Å². The maximum Gasteiger partial charge on any atom is 0.167 e. The summed E-state index contributed by atoms with van der Waals surface area (Å²) in [6.07, 6.45) is 14.7. The third-order valence-electron chi connectivity index (χ3n) is 12.9. The second kappa shape index (κ2) is 23.0. The van der Waals surface area contributed by atoms with E-state index < -0.39 is 5.92 Å². The fraction of sp³-hybridized carbons (Fsp3) is 0.844. The summed E-state index contributed by atoms with van der Waals surface area (Å²) in [5, 5.41) is 4.85. The molecule has 1 aromatic heterocycles. The van der Waals surface area contributed by atoms with Crippen LogP contribution in [-0.2, 0) is 62.2 Å². The van der Waals surface area contributed by atoms with Crippen LogP contribution in [0.4, 0.5) is 0 Å². The van der Waals surface area contributed by atoms with Crippen molar-refractivity contribution in [2.24, 2.45) is 34.3 Å². The van der Waals surface area contributed by atoms with Gasteiger partial charge in [-0.05, 0) is 113 Å². The van der Waals surface area contributed by atoms with Gasteiger partial charge >= 0.3 is 0 Å².